The van der Waals surface area contributed by atoms with Crippen molar-refractivity contribution in [1.82, 2.24) is 0 Å². The molecule has 1 aromatic carbocycles. The number of nitrogen functional groups attached to an aromatic ring is 1. The number of amides is 1. The van der Waals surface area contributed by atoms with Crippen molar-refractivity contribution in [3.63, 3.8) is 0 Å². The summed E-state index contributed by atoms with van der Waals surface area (Å²) in [6, 6.07) is 3.44. The van der Waals surface area contributed by atoms with E-state index in [9.17, 15) is 4.79 Å². The number of carbonyl (C=O) groups is 1. The van der Waals surface area contributed by atoms with E-state index in [2.05, 4.69) is 5.32 Å². The van der Waals surface area contributed by atoms with Gasteiger partial charge in [0.05, 0.1) is 16.6 Å². The molecular formula is C9H9ClN2O. The molecule has 0 saturated carbocycles. The first-order chi connectivity index (χ1) is 6.09. The van der Waals surface area contributed by atoms with Crippen molar-refractivity contribution in [2.24, 2.45) is 0 Å². The molecule has 0 fully saturated rings. The Kier molecular flexibility index (Phi) is 1.70. The van der Waals surface area contributed by atoms with Gasteiger partial charge in [-0.3, -0.25) is 4.79 Å². The van der Waals surface area contributed by atoms with Crippen LogP contribution in [0.1, 0.15) is 18.4 Å². The lowest BCUT2D eigenvalue weighted by Crippen LogP contribution is -2.08. The third-order valence-electron chi connectivity index (χ3n) is 2.29. The van der Waals surface area contributed by atoms with Crippen LogP contribution in [0.5, 0.6) is 0 Å². The van der Waals surface area contributed by atoms with Gasteiger partial charge in [0.2, 0.25) is 5.91 Å². The third kappa shape index (κ3) is 1.16. The fourth-order valence-electron chi connectivity index (χ4n) is 1.45. The van der Waals surface area contributed by atoms with Crippen molar-refractivity contribution in [1.29, 1.82) is 0 Å². The Morgan fingerprint density at radius 3 is 2.92 bits per heavy atom. The molecule has 1 unspecified atom stereocenters. The van der Waals surface area contributed by atoms with Crippen LogP contribution in [-0.2, 0) is 4.79 Å². The Balaban J connectivity index is 2.59. The minimum Gasteiger partial charge on any atom is -0.397 e. The van der Waals surface area contributed by atoms with E-state index >= 15 is 0 Å². The molecule has 0 spiro atoms. The van der Waals surface area contributed by atoms with Crippen molar-refractivity contribution < 1.29 is 4.79 Å². The number of benzene rings is 1. The number of carbonyl (C=O) groups excluding carboxylic acids is 1. The van der Waals surface area contributed by atoms with Gasteiger partial charge in [-0.05, 0) is 24.6 Å². The molecule has 1 heterocycles. The van der Waals surface area contributed by atoms with Crippen LogP contribution in [0.3, 0.4) is 0 Å². The van der Waals surface area contributed by atoms with Gasteiger partial charge in [-0.1, -0.05) is 11.6 Å². The van der Waals surface area contributed by atoms with Gasteiger partial charge in [-0.2, -0.15) is 0 Å². The summed E-state index contributed by atoms with van der Waals surface area (Å²) in [5, 5.41) is 3.24. The lowest BCUT2D eigenvalue weighted by atomic mass is 10.0. The Morgan fingerprint density at radius 1 is 1.54 bits per heavy atom. The fourth-order valence-corrected chi connectivity index (χ4v) is 1.63. The molecule has 2 rings (SSSR count). The highest BCUT2D eigenvalue weighted by atomic mass is 35.5. The maximum absolute atomic E-state index is 11.3. The lowest BCUT2D eigenvalue weighted by Gasteiger charge is -2.03. The van der Waals surface area contributed by atoms with Gasteiger partial charge in [0.25, 0.3) is 0 Å². The molecule has 1 amide bonds. The summed E-state index contributed by atoms with van der Waals surface area (Å²) >= 11 is 5.84. The monoisotopic (exact) mass is 196 g/mol. The van der Waals surface area contributed by atoms with Crippen molar-refractivity contribution in [2.45, 2.75) is 12.8 Å². The molecule has 13 heavy (non-hydrogen) atoms. The van der Waals surface area contributed by atoms with E-state index < -0.39 is 0 Å². The molecule has 68 valence electrons. The highest BCUT2D eigenvalue weighted by molar-refractivity contribution is 6.33. The summed E-state index contributed by atoms with van der Waals surface area (Å²) in [6.45, 7) is 1.84. The van der Waals surface area contributed by atoms with E-state index in [0.29, 0.717) is 10.7 Å². The zero-order valence-electron chi connectivity index (χ0n) is 7.10. The second-order valence-corrected chi connectivity index (χ2v) is 3.58. The summed E-state index contributed by atoms with van der Waals surface area (Å²) in [6.07, 6.45) is 0. The van der Waals surface area contributed by atoms with Gasteiger partial charge >= 0.3 is 0 Å². The second kappa shape index (κ2) is 2.64. The first-order valence-electron chi connectivity index (χ1n) is 3.99. The molecular weight excluding hydrogens is 188 g/mol. The van der Waals surface area contributed by atoms with E-state index in [4.69, 9.17) is 17.3 Å². The van der Waals surface area contributed by atoms with Crippen molar-refractivity contribution in [3.05, 3.63) is 22.7 Å². The molecule has 0 aliphatic carbocycles. The summed E-state index contributed by atoms with van der Waals surface area (Å²) in [7, 11) is 0. The Labute approximate surface area is 80.9 Å². The normalized spacial score (nSPS) is 19.8. The highest BCUT2D eigenvalue weighted by Crippen LogP contribution is 2.36. The molecule has 0 bridgehead atoms. The van der Waals surface area contributed by atoms with Crippen molar-refractivity contribution >= 4 is 28.9 Å². The topological polar surface area (TPSA) is 55.1 Å². The number of anilines is 2. The predicted molar refractivity (Wildman–Crippen MR) is 52.9 cm³/mol. The highest BCUT2D eigenvalue weighted by Gasteiger charge is 2.27. The van der Waals surface area contributed by atoms with Gasteiger partial charge in [-0.15, -0.1) is 0 Å². The summed E-state index contributed by atoms with van der Waals surface area (Å²) in [5.41, 5.74) is 7.79. The maximum atomic E-state index is 11.3. The molecule has 1 aromatic rings. The Morgan fingerprint density at radius 2 is 2.23 bits per heavy atom. The van der Waals surface area contributed by atoms with Crippen LogP contribution in [0.4, 0.5) is 11.4 Å². The largest absolute Gasteiger partial charge is 0.397 e. The summed E-state index contributed by atoms with van der Waals surface area (Å²) in [4.78, 5) is 11.3. The molecule has 0 radical (unpaired) electrons. The van der Waals surface area contributed by atoms with Gasteiger partial charge in [0.1, 0.15) is 0 Å². The molecule has 0 aromatic heterocycles. The van der Waals surface area contributed by atoms with Crippen molar-refractivity contribution in [2.75, 3.05) is 11.1 Å². The van der Waals surface area contributed by atoms with E-state index in [1.165, 1.54) is 0 Å². The number of rotatable bonds is 0. The number of halogens is 1. The number of fused-ring (bicyclic) bond motifs is 1. The molecule has 1 atom stereocenters. The van der Waals surface area contributed by atoms with E-state index in [-0.39, 0.29) is 11.8 Å². The second-order valence-electron chi connectivity index (χ2n) is 3.17. The molecule has 4 heteroatoms. The lowest BCUT2D eigenvalue weighted by molar-refractivity contribution is -0.116. The number of hydrogen-bond acceptors (Lipinski definition) is 2. The van der Waals surface area contributed by atoms with Crippen LogP contribution < -0.4 is 11.1 Å². The first kappa shape index (κ1) is 8.38. The SMILES string of the molecule is CC1C(=O)Nc2cc(N)c(Cl)cc21. The van der Waals surface area contributed by atoms with Crippen LogP contribution >= 0.6 is 11.6 Å². The quantitative estimate of drug-likeness (QED) is 0.624. The standard InChI is InChI=1S/C9H9ClN2O/c1-4-5-2-6(10)7(11)3-8(5)12-9(4)13/h2-4H,11H2,1H3,(H,12,13). The molecule has 1 aliphatic rings. The van der Waals surface area contributed by atoms with Gasteiger partial charge in [-0.25, -0.2) is 0 Å². The number of nitrogens with one attached hydrogen (secondary N) is 1. The maximum Gasteiger partial charge on any atom is 0.231 e. The van der Waals surface area contributed by atoms with E-state index in [1.807, 2.05) is 6.92 Å². The van der Waals surface area contributed by atoms with E-state index in [0.717, 1.165) is 11.3 Å². The zero-order chi connectivity index (χ0) is 9.59. The molecule has 3 nitrogen and oxygen atoms in total. The van der Waals surface area contributed by atoms with Gasteiger partial charge < -0.3 is 11.1 Å². The Bertz CT molecular complexity index is 389. The molecule has 3 N–H and O–H groups in total. The predicted octanol–water partition coefficient (Wildman–Crippen LogP) is 1.98. The van der Waals surface area contributed by atoms with Crippen LogP contribution in [0.25, 0.3) is 0 Å². The van der Waals surface area contributed by atoms with Crippen LogP contribution in [0, 0.1) is 0 Å². The third-order valence-corrected chi connectivity index (χ3v) is 2.61. The summed E-state index contributed by atoms with van der Waals surface area (Å²) in [5.74, 6) is -0.134. The number of nitrogens with two attached hydrogens (primary N) is 1. The smallest absolute Gasteiger partial charge is 0.231 e. The van der Waals surface area contributed by atoms with Gasteiger partial charge in [0, 0.05) is 5.69 Å². The average molecular weight is 197 g/mol. The zero-order valence-corrected chi connectivity index (χ0v) is 7.85. The van der Waals surface area contributed by atoms with Crippen LogP contribution in [-0.4, -0.2) is 5.91 Å². The minimum absolute atomic E-state index is 0.00309. The van der Waals surface area contributed by atoms with Crippen molar-refractivity contribution in [3.8, 4) is 0 Å². The molecule has 0 saturated heterocycles. The molecule has 1 aliphatic heterocycles. The Hall–Kier alpha value is -1.22. The fraction of sp³-hybridized carbons (Fsp3) is 0.222. The number of hydrogen-bond donors (Lipinski definition) is 2. The van der Waals surface area contributed by atoms with Crippen LogP contribution in [0.15, 0.2) is 12.1 Å². The van der Waals surface area contributed by atoms with Crippen LogP contribution in [0.2, 0.25) is 5.02 Å². The first-order valence-corrected chi connectivity index (χ1v) is 4.37. The average Bonchev–Trinajstić information content (AvgIpc) is 2.32. The van der Waals surface area contributed by atoms with E-state index in [1.54, 1.807) is 12.1 Å². The van der Waals surface area contributed by atoms with Gasteiger partial charge in [0.15, 0.2) is 0 Å². The summed E-state index contributed by atoms with van der Waals surface area (Å²) < 4.78 is 0. The minimum atomic E-state index is -0.131.